The zero-order valence-electron chi connectivity index (χ0n) is 22.2. The van der Waals surface area contributed by atoms with E-state index in [-0.39, 0.29) is 5.78 Å². The van der Waals surface area contributed by atoms with Crippen molar-refractivity contribution in [3.8, 4) is 33.4 Å². The number of hydrogen-bond acceptors (Lipinski definition) is 3. The Bertz CT molecular complexity index is 1910. The van der Waals surface area contributed by atoms with Gasteiger partial charge in [-0.2, -0.15) is 0 Å². The van der Waals surface area contributed by atoms with Crippen LogP contribution in [-0.4, -0.2) is 10.6 Å². The summed E-state index contributed by atoms with van der Waals surface area (Å²) in [5.41, 5.74) is 10.3. The van der Waals surface area contributed by atoms with E-state index >= 15 is 0 Å². The maximum atomic E-state index is 14.9. The van der Waals surface area contributed by atoms with Gasteiger partial charge in [0.25, 0.3) is 0 Å². The molecule has 0 bridgehead atoms. The molecule has 0 spiro atoms. The number of carbonyl (C=O) groups excluding carboxylic acids is 1. The number of thiocarbonyl (C=S) groups is 1. The summed E-state index contributed by atoms with van der Waals surface area (Å²) in [7, 11) is 0. The summed E-state index contributed by atoms with van der Waals surface area (Å²) in [5.74, 6) is -0.0178. The molecule has 1 aliphatic rings. The van der Waals surface area contributed by atoms with Gasteiger partial charge in [-0.25, -0.2) is 0 Å². The molecule has 3 heteroatoms. The van der Waals surface area contributed by atoms with Gasteiger partial charge >= 0.3 is 0 Å². The molecule has 194 valence electrons. The van der Waals surface area contributed by atoms with E-state index in [9.17, 15) is 4.79 Å². The Labute approximate surface area is 245 Å². The highest BCUT2D eigenvalue weighted by Gasteiger charge is 2.36. The Morgan fingerprint density at radius 2 is 0.805 bits per heavy atom. The van der Waals surface area contributed by atoms with E-state index in [1.54, 1.807) is 0 Å². The minimum absolute atomic E-state index is 0.0178. The Morgan fingerprint density at radius 1 is 0.415 bits per heavy atom. The first-order valence-electron chi connectivity index (χ1n) is 13.6. The van der Waals surface area contributed by atoms with Gasteiger partial charge in [0.2, 0.25) is 0 Å². The summed E-state index contributed by atoms with van der Waals surface area (Å²) in [6.45, 7) is 0. The maximum Gasteiger partial charge on any atom is 0.195 e. The van der Waals surface area contributed by atoms with Crippen LogP contribution in [0.1, 0.15) is 27.0 Å². The number of nitrogens with one attached hydrogen (secondary N) is 1. The minimum Gasteiger partial charge on any atom is -0.355 e. The lowest BCUT2D eigenvalue weighted by atomic mass is 9.75. The van der Waals surface area contributed by atoms with Crippen molar-refractivity contribution in [1.82, 2.24) is 0 Å². The van der Waals surface area contributed by atoms with Gasteiger partial charge in [-0.15, -0.1) is 0 Å². The summed E-state index contributed by atoms with van der Waals surface area (Å²) in [5, 5.41) is 3.56. The van der Waals surface area contributed by atoms with Crippen LogP contribution in [0.2, 0.25) is 0 Å². The highest BCUT2D eigenvalue weighted by Crippen LogP contribution is 2.45. The molecule has 0 aromatic heterocycles. The number of fused-ring (bicyclic) bond motifs is 2. The van der Waals surface area contributed by atoms with Crippen LogP contribution in [0, 0.1) is 0 Å². The molecule has 0 heterocycles. The third-order valence-electron chi connectivity index (χ3n) is 7.63. The maximum absolute atomic E-state index is 14.9. The summed E-state index contributed by atoms with van der Waals surface area (Å²) in [6.07, 6.45) is 0. The van der Waals surface area contributed by atoms with Gasteiger partial charge < -0.3 is 5.32 Å². The standard InChI is InChI=1S/C38H25NOS/c40-37-33-29(25-13-5-1-6-14-25)21-22-31(27-17-9-3-10-18-27)35(33)38(41)36-32(39-28-19-11-4-12-20-28)24-23-30(34(36)37)26-15-7-2-8-16-26/h1-24,39H. The predicted octanol–water partition coefficient (Wildman–Crippen LogP) is 9.74. The lowest BCUT2D eigenvalue weighted by molar-refractivity contribution is 0.103. The van der Waals surface area contributed by atoms with Crippen molar-refractivity contribution in [3.63, 3.8) is 0 Å². The molecule has 0 radical (unpaired) electrons. The van der Waals surface area contributed by atoms with Gasteiger partial charge in [0, 0.05) is 33.6 Å². The monoisotopic (exact) mass is 543 g/mol. The molecule has 0 atom stereocenters. The number of benzene rings is 6. The van der Waals surface area contributed by atoms with Crippen LogP contribution in [0.4, 0.5) is 11.4 Å². The van der Waals surface area contributed by atoms with E-state index < -0.39 is 0 Å². The van der Waals surface area contributed by atoms with E-state index in [0.717, 1.165) is 55.9 Å². The van der Waals surface area contributed by atoms with Gasteiger partial charge in [0.1, 0.15) is 0 Å². The third kappa shape index (κ3) is 4.37. The molecule has 0 saturated heterocycles. The van der Waals surface area contributed by atoms with Gasteiger partial charge in [-0.05, 0) is 51.6 Å². The van der Waals surface area contributed by atoms with Crippen molar-refractivity contribution in [2.75, 3.05) is 5.32 Å². The molecule has 0 fully saturated rings. The second kappa shape index (κ2) is 10.5. The van der Waals surface area contributed by atoms with Crippen LogP contribution in [0.5, 0.6) is 0 Å². The molecule has 0 amide bonds. The Hall–Kier alpha value is -5.12. The molecule has 6 aromatic carbocycles. The smallest absolute Gasteiger partial charge is 0.195 e. The third-order valence-corrected chi connectivity index (χ3v) is 8.03. The van der Waals surface area contributed by atoms with Crippen LogP contribution in [-0.2, 0) is 0 Å². The second-order valence-corrected chi connectivity index (χ2v) is 10.5. The number of ketones is 1. The number of anilines is 2. The SMILES string of the molecule is O=C1c2c(-c3ccccc3)ccc(Nc3ccccc3)c2C(=S)c2c(-c3ccccc3)ccc(-c3ccccc3)c21. The fraction of sp³-hybridized carbons (Fsp3) is 0. The average molecular weight is 544 g/mol. The lowest BCUT2D eigenvalue weighted by Crippen LogP contribution is -2.24. The van der Waals surface area contributed by atoms with E-state index in [2.05, 4.69) is 41.7 Å². The van der Waals surface area contributed by atoms with Crippen LogP contribution in [0.3, 0.4) is 0 Å². The normalized spacial score (nSPS) is 12.0. The zero-order valence-corrected chi connectivity index (χ0v) is 23.0. The van der Waals surface area contributed by atoms with E-state index in [0.29, 0.717) is 16.0 Å². The zero-order chi connectivity index (χ0) is 27.8. The van der Waals surface area contributed by atoms with Crippen LogP contribution < -0.4 is 5.32 Å². The van der Waals surface area contributed by atoms with Crippen molar-refractivity contribution in [3.05, 3.63) is 168 Å². The van der Waals surface area contributed by atoms with Crippen molar-refractivity contribution < 1.29 is 4.79 Å². The Kier molecular flexibility index (Phi) is 6.35. The largest absolute Gasteiger partial charge is 0.355 e. The quantitative estimate of drug-likeness (QED) is 0.219. The first-order valence-corrected chi connectivity index (χ1v) is 14.0. The van der Waals surface area contributed by atoms with Crippen molar-refractivity contribution in [1.29, 1.82) is 0 Å². The molecule has 6 aromatic rings. The highest BCUT2D eigenvalue weighted by atomic mass is 32.1. The summed E-state index contributed by atoms with van der Waals surface area (Å²) in [6, 6.07) is 48.6. The van der Waals surface area contributed by atoms with Crippen LogP contribution in [0.15, 0.2) is 146 Å². The molecule has 0 aliphatic heterocycles. The molecule has 7 rings (SSSR count). The first-order chi connectivity index (χ1) is 20.2. The molecular formula is C38H25NOS. The molecule has 0 unspecified atom stereocenters. The Morgan fingerprint density at radius 3 is 1.29 bits per heavy atom. The van der Waals surface area contributed by atoms with Crippen molar-refractivity contribution in [2.45, 2.75) is 0 Å². The fourth-order valence-corrected chi connectivity index (χ4v) is 6.18. The summed E-state index contributed by atoms with van der Waals surface area (Å²) >= 11 is 6.39. The van der Waals surface area contributed by atoms with E-state index in [4.69, 9.17) is 12.2 Å². The van der Waals surface area contributed by atoms with Gasteiger partial charge in [-0.1, -0.05) is 140 Å². The first kappa shape index (κ1) is 24.9. The molecule has 0 saturated carbocycles. The summed E-state index contributed by atoms with van der Waals surface area (Å²) in [4.78, 5) is 15.6. The number of para-hydroxylation sites is 1. The molecule has 1 N–H and O–H groups in total. The van der Waals surface area contributed by atoms with Crippen molar-refractivity contribution >= 4 is 34.2 Å². The molecule has 2 nitrogen and oxygen atoms in total. The van der Waals surface area contributed by atoms with Gasteiger partial charge in [-0.3, -0.25) is 4.79 Å². The highest BCUT2D eigenvalue weighted by molar-refractivity contribution is 7.81. The lowest BCUT2D eigenvalue weighted by Gasteiger charge is -2.29. The second-order valence-electron chi connectivity index (χ2n) is 10.1. The van der Waals surface area contributed by atoms with Crippen LogP contribution >= 0.6 is 12.2 Å². The molecule has 41 heavy (non-hydrogen) atoms. The minimum atomic E-state index is -0.0178. The van der Waals surface area contributed by atoms with E-state index in [1.807, 2.05) is 109 Å². The average Bonchev–Trinajstić information content (AvgIpc) is 3.04. The molecule has 1 aliphatic carbocycles. The number of carbonyl (C=O) groups is 1. The topological polar surface area (TPSA) is 29.1 Å². The van der Waals surface area contributed by atoms with Crippen LogP contribution in [0.25, 0.3) is 33.4 Å². The van der Waals surface area contributed by atoms with Gasteiger partial charge in [0.05, 0.1) is 4.86 Å². The van der Waals surface area contributed by atoms with Crippen molar-refractivity contribution in [2.24, 2.45) is 0 Å². The van der Waals surface area contributed by atoms with E-state index in [1.165, 1.54) is 0 Å². The number of rotatable bonds is 5. The predicted molar refractivity (Wildman–Crippen MR) is 173 cm³/mol. The number of hydrogen-bond donors (Lipinski definition) is 1. The Balaban J connectivity index is 1.55. The molecular weight excluding hydrogens is 518 g/mol. The van der Waals surface area contributed by atoms with Gasteiger partial charge in [0.15, 0.2) is 5.78 Å². The summed E-state index contributed by atoms with van der Waals surface area (Å²) < 4.78 is 0. The fourth-order valence-electron chi connectivity index (χ4n) is 5.75.